The van der Waals surface area contributed by atoms with Crippen molar-refractivity contribution < 1.29 is 13.2 Å². The predicted octanol–water partition coefficient (Wildman–Crippen LogP) is 3.08. The number of carbonyl (C=O) groups is 1. The lowest BCUT2D eigenvalue weighted by Crippen LogP contribution is -2.39. The smallest absolute Gasteiger partial charge is 0.255 e. The van der Waals surface area contributed by atoms with Gasteiger partial charge in [0.15, 0.2) is 0 Å². The molecular formula is C21H19ClN4O3S. The first-order chi connectivity index (χ1) is 14.4. The number of nitrogens with zero attached hydrogens (tertiary/aromatic N) is 3. The normalized spacial score (nSPS) is 11.7. The van der Waals surface area contributed by atoms with Gasteiger partial charge in [0, 0.05) is 24.0 Å². The van der Waals surface area contributed by atoms with E-state index in [0.717, 1.165) is 15.4 Å². The first-order valence-corrected chi connectivity index (χ1v) is 10.8. The number of rotatable bonds is 8. The first-order valence-electron chi connectivity index (χ1n) is 8.97. The monoisotopic (exact) mass is 442 g/mol. The number of pyridine rings is 1. The molecule has 0 radical (unpaired) electrons. The molecule has 0 saturated heterocycles. The zero-order chi connectivity index (χ0) is 21.4. The molecule has 0 spiro atoms. The van der Waals surface area contributed by atoms with Crippen molar-refractivity contribution in [1.29, 1.82) is 0 Å². The van der Waals surface area contributed by atoms with Gasteiger partial charge in [0.2, 0.25) is 10.0 Å². The average Bonchev–Trinajstić information content (AvgIpc) is 2.75. The molecule has 0 aliphatic heterocycles. The zero-order valence-electron chi connectivity index (χ0n) is 15.8. The molecule has 0 aliphatic rings. The van der Waals surface area contributed by atoms with E-state index >= 15 is 0 Å². The maximum Gasteiger partial charge on any atom is 0.255 e. The number of hydrogen-bond acceptors (Lipinski definition) is 5. The number of benzene rings is 2. The van der Waals surface area contributed by atoms with Gasteiger partial charge >= 0.3 is 0 Å². The van der Waals surface area contributed by atoms with Gasteiger partial charge in [-0.2, -0.15) is 9.41 Å². The second-order valence-electron chi connectivity index (χ2n) is 6.29. The molecule has 1 aromatic heterocycles. The Morgan fingerprint density at radius 3 is 2.37 bits per heavy atom. The SMILES string of the molecule is O=C(CN(Cc1ccccc1)S(=O)(=O)c1ccc(Cl)cc1)N/N=C\c1ccncc1. The Balaban J connectivity index is 1.77. The van der Waals surface area contributed by atoms with Crippen molar-refractivity contribution in [2.75, 3.05) is 6.54 Å². The Hall–Kier alpha value is -3.07. The van der Waals surface area contributed by atoms with Crippen molar-refractivity contribution in [3.63, 3.8) is 0 Å². The van der Waals surface area contributed by atoms with Crippen LogP contribution in [0.3, 0.4) is 0 Å². The number of carbonyl (C=O) groups excluding carboxylic acids is 1. The quantitative estimate of drug-likeness (QED) is 0.428. The molecule has 30 heavy (non-hydrogen) atoms. The third-order valence-electron chi connectivity index (χ3n) is 4.08. The fraction of sp³-hybridized carbons (Fsp3) is 0.0952. The van der Waals surface area contributed by atoms with Crippen LogP contribution < -0.4 is 5.43 Å². The van der Waals surface area contributed by atoms with E-state index in [1.807, 2.05) is 18.2 Å². The van der Waals surface area contributed by atoms with Crippen LogP contribution in [0.2, 0.25) is 5.02 Å². The van der Waals surface area contributed by atoms with Crippen molar-refractivity contribution in [2.24, 2.45) is 5.10 Å². The molecule has 1 heterocycles. The van der Waals surface area contributed by atoms with E-state index in [4.69, 9.17) is 11.6 Å². The number of sulfonamides is 1. The molecular weight excluding hydrogens is 424 g/mol. The van der Waals surface area contributed by atoms with Gasteiger partial charge in [0.05, 0.1) is 17.7 Å². The second-order valence-corrected chi connectivity index (χ2v) is 8.66. The molecule has 3 aromatic rings. The summed E-state index contributed by atoms with van der Waals surface area (Å²) in [6, 6.07) is 18.3. The van der Waals surface area contributed by atoms with Crippen LogP contribution in [0.5, 0.6) is 0 Å². The van der Waals surface area contributed by atoms with Gasteiger partial charge in [-0.3, -0.25) is 9.78 Å². The summed E-state index contributed by atoms with van der Waals surface area (Å²) in [6.45, 7) is -0.360. The molecule has 0 aliphatic carbocycles. The van der Waals surface area contributed by atoms with Gasteiger partial charge in [0.1, 0.15) is 0 Å². The Morgan fingerprint density at radius 1 is 1.03 bits per heavy atom. The van der Waals surface area contributed by atoms with Gasteiger partial charge in [0.25, 0.3) is 5.91 Å². The largest absolute Gasteiger partial charge is 0.272 e. The van der Waals surface area contributed by atoms with Crippen LogP contribution >= 0.6 is 11.6 Å². The van der Waals surface area contributed by atoms with Crippen molar-refractivity contribution in [3.8, 4) is 0 Å². The summed E-state index contributed by atoms with van der Waals surface area (Å²) in [4.78, 5) is 16.4. The van der Waals surface area contributed by atoms with Gasteiger partial charge in [-0.25, -0.2) is 13.8 Å². The summed E-state index contributed by atoms with van der Waals surface area (Å²) >= 11 is 5.87. The lowest BCUT2D eigenvalue weighted by molar-refractivity contribution is -0.121. The van der Waals surface area contributed by atoms with Crippen LogP contribution in [0.15, 0.2) is 89.1 Å². The minimum absolute atomic E-state index is 0.0350. The van der Waals surface area contributed by atoms with E-state index in [0.29, 0.717) is 5.02 Å². The number of hydrogen-bond donors (Lipinski definition) is 1. The van der Waals surface area contributed by atoms with Crippen molar-refractivity contribution in [2.45, 2.75) is 11.4 Å². The molecule has 0 atom stereocenters. The Kier molecular flexibility index (Phi) is 7.29. The number of halogens is 1. The van der Waals surface area contributed by atoms with Crippen LogP contribution in [0.4, 0.5) is 0 Å². The fourth-order valence-corrected chi connectivity index (χ4v) is 4.10. The summed E-state index contributed by atoms with van der Waals surface area (Å²) in [7, 11) is -3.93. The van der Waals surface area contributed by atoms with Crippen LogP contribution in [-0.4, -0.2) is 36.4 Å². The van der Waals surface area contributed by atoms with Gasteiger partial charge in [-0.1, -0.05) is 41.9 Å². The molecule has 0 saturated carbocycles. The Bertz CT molecular complexity index is 1110. The maximum atomic E-state index is 13.1. The number of nitrogens with one attached hydrogen (secondary N) is 1. The lowest BCUT2D eigenvalue weighted by Gasteiger charge is -2.21. The van der Waals surface area contributed by atoms with E-state index in [-0.39, 0.29) is 11.4 Å². The second kappa shape index (κ2) is 10.1. The Morgan fingerprint density at radius 2 is 1.70 bits per heavy atom. The summed E-state index contributed by atoms with van der Waals surface area (Å²) in [5, 5.41) is 4.30. The van der Waals surface area contributed by atoms with E-state index in [1.54, 1.807) is 36.7 Å². The van der Waals surface area contributed by atoms with Gasteiger partial charge in [-0.15, -0.1) is 0 Å². The molecule has 3 rings (SSSR count). The topological polar surface area (TPSA) is 91.7 Å². The van der Waals surface area contributed by atoms with Crippen molar-refractivity contribution >= 4 is 33.7 Å². The van der Waals surface area contributed by atoms with Crippen LogP contribution in [0.25, 0.3) is 0 Å². The molecule has 9 heteroatoms. The lowest BCUT2D eigenvalue weighted by atomic mass is 10.2. The molecule has 0 bridgehead atoms. The van der Waals surface area contributed by atoms with Crippen LogP contribution in [0.1, 0.15) is 11.1 Å². The van der Waals surface area contributed by atoms with E-state index in [2.05, 4.69) is 15.5 Å². The highest BCUT2D eigenvalue weighted by molar-refractivity contribution is 7.89. The fourth-order valence-electron chi connectivity index (χ4n) is 2.59. The van der Waals surface area contributed by atoms with E-state index in [9.17, 15) is 13.2 Å². The van der Waals surface area contributed by atoms with Crippen LogP contribution in [-0.2, 0) is 21.4 Å². The molecule has 1 amide bonds. The van der Waals surface area contributed by atoms with E-state index < -0.39 is 22.5 Å². The summed E-state index contributed by atoms with van der Waals surface area (Å²) < 4.78 is 27.4. The average molecular weight is 443 g/mol. The molecule has 0 unspecified atom stereocenters. The van der Waals surface area contributed by atoms with Gasteiger partial charge < -0.3 is 0 Å². The maximum absolute atomic E-state index is 13.1. The predicted molar refractivity (Wildman–Crippen MR) is 115 cm³/mol. The number of aromatic nitrogens is 1. The summed E-state index contributed by atoms with van der Waals surface area (Å²) in [6.07, 6.45) is 4.65. The molecule has 0 fully saturated rings. The third-order valence-corrected chi connectivity index (χ3v) is 6.14. The van der Waals surface area contributed by atoms with Crippen molar-refractivity contribution in [3.05, 3.63) is 95.3 Å². The summed E-state index contributed by atoms with van der Waals surface area (Å²) in [5.41, 5.74) is 3.87. The molecule has 1 N–H and O–H groups in total. The van der Waals surface area contributed by atoms with E-state index in [1.165, 1.54) is 30.5 Å². The highest BCUT2D eigenvalue weighted by Crippen LogP contribution is 2.20. The zero-order valence-corrected chi connectivity index (χ0v) is 17.4. The Labute approximate surface area is 180 Å². The minimum atomic E-state index is -3.93. The minimum Gasteiger partial charge on any atom is -0.272 e. The molecule has 154 valence electrons. The third kappa shape index (κ3) is 5.96. The first kappa shape index (κ1) is 21.6. The van der Waals surface area contributed by atoms with Gasteiger partial charge in [-0.05, 0) is 47.5 Å². The highest BCUT2D eigenvalue weighted by atomic mass is 35.5. The molecule has 7 nitrogen and oxygen atoms in total. The standard InChI is InChI=1S/C21H19ClN4O3S/c22-19-6-8-20(9-7-19)30(28,29)26(15-18-4-2-1-3-5-18)16-21(27)25-24-14-17-10-12-23-13-11-17/h1-14H,15-16H2,(H,25,27)/b24-14-. The summed E-state index contributed by atoms with van der Waals surface area (Å²) in [5.74, 6) is -0.561. The van der Waals surface area contributed by atoms with Crippen molar-refractivity contribution in [1.82, 2.24) is 14.7 Å². The highest BCUT2D eigenvalue weighted by Gasteiger charge is 2.26. The van der Waals surface area contributed by atoms with Crippen LogP contribution in [0, 0.1) is 0 Å². The number of hydrazone groups is 1. The molecule has 2 aromatic carbocycles. The number of amides is 1.